The van der Waals surface area contributed by atoms with Gasteiger partial charge in [0.2, 0.25) is 0 Å². The average molecular weight is 220 g/mol. The Morgan fingerprint density at radius 2 is 2.00 bits per heavy atom. The minimum absolute atomic E-state index is 0.819. The van der Waals surface area contributed by atoms with Crippen LogP contribution >= 0.6 is 0 Å². The summed E-state index contributed by atoms with van der Waals surface area (Å²) in [7, 11) is 0. The first-order valence-electron chi connectivity index (χ1n) is 7.05. The summed E-state index contributed by atoms with van der Waals surface area (Å²) in [5, 5.41) is 0. The zero-order valence-electron chi connectivity index (χ0n) is 11.3. The predicted molar refractivity (Wildman–Crippen MR) is 73.5 cm³/mol. The van der Waals surface area contributed by atoms with Gasteiger partial charge in [0.1, 0.15) is 0 Å². The van der Waals surface area contributed by atoms with E-state index in [0.717, 1.165) is 17.8 Å². The first-order chi connectivity index (χ1) is 7.80. The Morgan fingerprint density at radius 3 is 2.62 bits per heavy atom. The van der Waals surface area contributed by atoms with E-state index in [2.05, 4.69) is 45.1 Å². The van der Waals surface area contributed by atoms with Crippen LogP contribution in [-0.2, 0) is 0 Å². The van der Waals surface area contributed by atoms with E-state index in [-0.39, 0.29) is 0 Å². The van der Waals surface area contributed by atoms with Crippen molar-refractivity contribution in [3.63, 3.8) is 0 Å². The van der Waals surface area contributed by atoms with Crippen LogP contribution < -0.4 is 0 Å². The van der Waals surface area contributed by atoms with Gasteiger partial charge in [0.05, 0.1) is 0 Å². The molecule has 0 spiro atoms. The van der Waals surface area contributed by atoms with E-state index in [1.54, 1.807) is 0 Å². The Labute approximate surface area is 102 Å². The number of hydrogen-bond acceptors (Lipinski definition) is 0. The van der Waals surface area contributed by atoms with E-state index in [0.29, 0.717) is 0 Å². The number of rotatable bonds is 5. The van der Waals surface area contributed by atoms with Crippen molar-refractivity contribution >= 4 is 0 Å². The molecule has 16 heavy (non-hydrogen) atoms. The van der Waals surface area contributed by atoms with Crippen LogP contribution in [0.1, 0.15) is 59.3 Å². The van der Waals surface area contributed by atoms with Crippen LogP contribution in [0.15, 0.2) is 24.3 Å². The highest BCUT2D eigenvalue weighted by molar-refractivity contribution is 4.92. The van der Waals surface area contributed by atoms with Crippen molar-refractivity contribution in [2.75, 3.05) is 0 Å². The first kappa shape index (κ1) is 13.5. The van der Waals surface area contributed by atoms with Gasteiger partial charge in [-0.05, 0) is 57.3 Å². The zero-order chi connectivity index (χ0) is 11.8. The third kappa shape index (κ3) is 4.55. The molecular formula is C16H28. The van der Waals surface area contributed by atoms with Gasteiger partial charge in [0, 0.05) is 0 Å². The minimum atomic E-state index is 0.819. The standard InChI is InChI=1S/C16H28/c1-4-8-14(6-3)12-16-11-7-10-15(13-16)9-5-2/h4-5,8-9,14-16H,6-7,10-13H2,1-3H3. The zero-order valence-corrected chi connectivity index (χ0v) is 11.3. The van der Waals surface area contributed by atoms with Gasteiger partial charge in [0.25, 0.3) is 0 Å². The fraction of sp³-hybridized carbons (Fsp3) is 0.750. The molecule has 0 aromatic rings. The normalized spacial score (nSPS) is 28.9. The van der Waals surface area contributed by atoms with Gasteiger partial charge in [-0.25, -0.2) is 0 Å². The Bertz CT molecular complexity index is 224. The van der Waals surface area contributed by atoms with Gasteiger partial charge in [-0.15, -0.1) is 0 Å². The second-order valence-corrected chi connectivity index (χ2v) is 5.25. The fourth-order valence-electron chi connectivity index (χ4n) is 3.08. The smallest absolute Gasteiger partial charge is 0.0231 e. The summed E-state index contributed by atoms with van der Waals surface area (Å²) in [6.45, 7) is 6.61. The monoisotopic (exact) mass is 220 g/mol. The van der Waals surface area contributed by atoms with Crippen LogP contribution in [0.3, 0.4) is 0 Å². The van der Waals surface area contributed by atoms with Crippen molar-refractivity contribution in [3.8, 4) is 0 Å². The Morgan fingerprint density at radius 1 is 1.19 bits per heavy atom. The highest BCUT2D eigenvalue weighted by atomic mass is 14.3. The van der Waals surface area contributed by atoms with Crippen LogP contribution in [0.25, 0.3) is 0 Å². The predicted octanol–water partition coefficient (Wildman–Crippen LogP) is 5.36. The lowest BCUT2D eigenvalue weighted by atomic mass is 9.77. The minimum Gasteiger partial charge on any atom is -0.0914 e. The van der Waals surface area contributed by atoms with Crippen molar-refractivity contribution < 1.29 is 0 Å². The lowest BCUT2D eigenvalue weighted by molar-refractivity contribution is 0.266. The fourth-order valence-corrected chi connectivity index (χ4v) is 3.08. The maximum absolute atomic E-state index is 2.42. The van der Waals surface area contributed by atoms with Crippen LogP contribution in [0, 0.1) is 17.8 Å². The molecule has 1 aliphatic carbocycles. The second kappa shape index (κ2) is 7.70. The van der Waals surface area contributed by atoms with E-state index in [1.807, 2.05) is 0 Å². The summed E-state index contributed by atoms with van der Waals surface area (Å²) in [4.78, 5) is 0. The first-order valence-corrected chi connectivity index (χ1v) is 7.05. The lowest BCUT2D eigenvalue weighted by Gasteiger charge is -2.29. The molecular weight excluding hydrogens is 192 g/mol. The molecule has 0 N–H and O–H groups in total. The topological polar surface area (TPSA) is 0 Å². The van der Waals surface area contributed by atoms with Crippen molar-refractivity contribution in [1.29, 1.82) is 0 Å². The maximum atomic E-state index is 2.42. The summed E-state index contributed by atoms with van der Waals surface area (Å²) in [5.74, 6) is 2.65. The molecule has 0 aromatic carbocycles. The molecule has 0 aliphatic heterocycles. The summed E-state index contributed by atoms with van der Waals surface area (Å²) in [6.07, 6.45) is 17.7. The molecule has 0 heterocycles. The summed E-state index contributed by atoms with van der Waals surface area (Å²) >= 11 is 0. The molecule has 0 bridgehead atoms. The highest BCUT2D eigenvalue weighted by Gasteiger charge is 2.21. The van der Waals surface area contributed by atoms with Crippen molar-refractivity contribution in [2.24, 2.45) is 17.8 Å². The Balaban J connectivity index is 2.41. The molecule has 1 fully saturated rings. The molecule has 3 atom stereocenters. The third-order valence-corrected chi connectivity index (χ3v) is 3.91. The Hall–Kier alpha value is -0.520. The van der Waals surface area contributed by atoms with Crippen molar-refractivity contribution in [3.05, 3.63) is 24.3 Å². The molecule has 0 nitrogen and oxygen atoms in total. The SMILES string of the molecule is CC=CC(CC)CC1CCCC(C=CC)C1. The third-order valence-electron chi connectivity index (χ3n) is 3.91. The Kier molecular flexibility index (Phi) is 6.52. The van der Waals surface area contributed by atoms with Gasteiger partial charge in [-0.1, -0.05) is 44.1 Å². The van der Waals surface area contributed by atoms with E-state index in [9.17, 15) is 0 Å². The molecule has 3 unspecified atom stereocenters. The largest absolute Gasteiger partial charge is 0.0914 e. The molecule has 1 rings (SSSR count). The summed E-state index contributed by atoms with van der Waals surface area (Å²) in [6, 6.07) is 0. The van der Waals surface area contributed by atoms with Gasteiger partial charge in [0.15, 0.2) is 0 Å². The molecule has 0 aromatic heterocycles. The maximum Gasteiger partial charge on any atom is -0.0231 e. The molecule has 0 saturated heterocycles. The molecule has 0 heteroatoms. The molecule has 0 radical (unpaired) electrons. The summed E-state index contributed by atoms with van der Waals surface area (Å²) < 4.78 is 0. The molecule has 0 amide bonds. The van der Waals surface area contributed by atoms with Gasteiger partial charge in [-0.3, -0.25) is 0 Å². The van der Waals surface area contributed by atoms with Crippen molar-refractivity contribution in [2.45, 2.75) is 59.3 Å². The average Bonchev–Trinajstić information content (AvgIpc) is 2.29. The molecule has 1 saturated carbocycles. The van der Waals surface area contributed by atoms with Crippen molar-refractivity contribution in [1.82, 2.24) is 0 Å². The van der Waals surface area contributed by atoms with E-state index in [4.69, 9.17) is 0 Å². The van der Waals surface area contributed by atoms with Gasteiger partial charge < -0.3 is 0 Å². The second-order valence-electron chi connectivity index (χ2n) is 5.25. The summed E-state index contributed by atoms with van der Waals surface area (Å²) in [5.41, 5.74) is 0. The molecule has 1 aliphatic rings. The van der Waals surface area contributed by atoms with Crippen LogP contribution in [0.2, 0.25) is 0 Å². The van der Waals surface area contributed by atoms with E-state index >= 15 is 0 Å². The number of hydrogen-bond donors (Lipinski definition) is 0. The van der Waals surface area contributed by atoms with Gasteiger partial charge in [-0.2, -0.15) is 0 Å². The quantitative estimate of drug-likeness (QED) is 0.547. The molecule has 92 valence electrons. The highest BCUT2D eigenvalue weighted by Crippen LogP contribution is 2.34. The van der Waals surface area contributed by atoms with E-state index < -0.39 is 0 Å². The van der Waals surface area contributed by atoms with Crippen LogP contribution in [0.5, 0.6) is 0 Å². The van der Waals surface area contributed by atoms with Gasteiger partial charge >= 0.3 is 0 Å². The number of allylic oxidation sites excluding steroid dienone is 4. The van der Waals surface area contributed by atoms with Crippen LogP contribution in [0.4, 0.5) is 0 Å². The lowest BCUT2D eigenvalue weighted by Crippen LogP contribution is -2.16. The van der Waals surface area contributed by atoms with Crippen LogP contribution in [-0.4, -0.2) is 0 Å². The van der Waals surface area contributed by atoms with E-state index in [1.165, 1.54) is 38.5 Å².